The second kappa shape index (κ2) is 8.14. The molecule has 10 heteroatoms. The number of aliphatic hydroxyl groups is 1. The lowest BCUT2D eigenvalue weighted by atomic mass is 9.79. The summed E-state index contributed by atoms with van der Waals surface area (Å²) >= 11 is 0. The van der Waals surface area contributed by atoms with Gasteiger partial charge >= 0.3 is 23.9 Å². The lowest BCUT2D eigenvalue weighted by Crippen LogP contribution is -2.38. The minimum Gasteiger partial charge on any atom is -0.481 e. The first kappa shape index (κ1) is 20.7. The maximum Gasteiger partial charge on any atom is 0.320 e. The van der Waals surface area contributed by atoms with E-state index in [1.54, 1.807) is 0 Å². The Morgan fingerprint density at radius 2 is 1.29 bits per heavy atom. The normalized spacial score (nSPS) is 41.4. The van der Waals surface area contributed by atoms with E-state index in [0.29, 0.717) is 0 Å². The number of cyclic esters (lactones) is 2. The summed E-state index contributed by atoms with van der Waals surface area (Å²) in [5.41, 5.74) is 0. The van der Waals surface area contributed by atoms with Crippen molar-refractivity contribution in [2.75, 3.05) is 14.2 Å². The molecule has 28 heavy (non-hydrogen) atoms. The highest BCUT2D eigenvalue weighted by molar-refractivity contribution is 5.97. The van der Waals surface area contributed by atoms with E-state index in [-0.39, 0.29) is 48.2 Å². The summed E-state index contributed by atoms with van der Waals surface area (Å²) in [6, 6.07) is 0. The van der Waals surface area contributed by atoms with Crippen LogP contribution < -0.4 is 0 Å². The number of carboxylic acids is 1. The Bertz CT molecular complexity index is 635. The highest BCUT2D eigenvalue weighted by atomic mass is 16.6. The zero-order valence-electron chi connectivity index (χ0n) is 15.6. The topological polar surface area (TPSA) is 146 Å². The SMILES string of the molecule is CO.COC(=O)C1C2CCC(O2)C1C(=O)O.O=C1OC(=O)C2C3CCC(O3)C12. The highest BCUT2D eigenvalue weighted by Gasteiger charge is 2.61. The molecule has 5 fully saturated rings. The van der Waals surface area contributed by atoms with Crippen molar-refractivity contribution in [3.05, 3.63) is 0 Å². The van der Waals surface area contributed by atoms with Gasteiger partial charge in [-0.15, -0.1) is 0 Å². The van der Waals surface area contributed by atoms with Crippen molar-refractivity contribution in [1.82, 2.24) is 0 Å². The van der Waals surface area contributed by atoms with Crippen molar-refractivity contribution < 1.29 is 48.3 Å². The van der Waals surface area contributed by atoms with Gasteiger partial charge in [-0.1, -0.05) is 0 Å². The number of aliphatic carboxylic acids is 1. The number of carbonyl (C=O) groups excluding carboxylic acids is 3. The number of methoxy groups -OCH3 is 1. The number of fused-ring (bicyclic) bond motifs is 7. The zero-order valence-corrected chi connectivity index (χ0v) is 15.6. The smallest absolute Gasteiger partial charge is 0.320 e. The van der Waals surface area contributed by atoms with E-state index in [9.17, 15) is 19.2 Å². The number of hydrogen-bond donors (Lipinski definition) is 2. The van der Waals surface area contributed by atoms with Crippen molar-refractivity contribution in [2.24, 2.45) is 23.7 Å². The van der Waals surface area contributed by atoms with Crippen molar-refractivity contribution in [3.63, 3.8) is 0 Å². The lowest BCUT2D eigenvalue weighted by molar-refractivity contribution is -0.156. The fourth-order valence-corrected chi connectivity index (χ4v) is 4.94. The summed E-state index contributed by atoms with van der Waals surface area (Å²) in [5.74, 6) is -4.09. The third-order valence-electron chi connectivity index (χ3n) is 6.05. The fourth-order valence-electron chi connectivity index (χ4n) is 4.94. The van der Waals surface area contributed by atoms with Gasteiger partial charge in [0, 0.05) is 7.11 Å². The lowest BCUT2D eigenvalue weighted by Gasteiger charge is -2.22. The molecule has 0 aromatic carbocycles. The van der Waals surface area contributed by atoms with Crippen LogP contribution in [0.1, 0.15) is 25.7 Å². The molecular weight excluding hydrogens is 376 g/mol. The zero-order chi connectivity index (χ0) is 20.6. The van der Waals surface area contributed by atoms with Gasteiger partial charge < -0.3 is 29.2 Å². The van der Waals surface area contributed by atoms with Crippen LogP contribution in [0, 0.1) is 23.7 Å². The van der Waals surface area contributed by atoms with Crippen LogP contribution in [0.4, 0.5) is 0 Å². The number of ether oxygens (including phenoxy) is 4. The van der Waals surface area contributed by atoms with E-state index in [0.717, 1.165) is 32.8 Å². The first-order valence-electron chi connectivity index (χ1n) is 9.24. The van der Waals surface area contributed by atoms with E-state index in [1.807, 2.05) is 0 Å². The van der Waals surface area contributed by atoms with E-state index in [2.05, 4.69) is 9.47 Å². The Kier molecular flexibility index (Phi) is 6.01. The second-order valence-corrected chi connectivity index (χ2v) is 7.29. The van der Waals surface area contributed by atoms with E-state index < -0.39 is 23.8 Å². The Hall–Kier alpha value is -2.04. The minimum atomic E-state index is -0.965. The summed E-state index contributed by atoms with van der Waals surface area (Å²) in [6.45, 7) is 0. The Morgan fingerprint density at radius 3 is 1.75 bits per heavy atom. The van der Waals surface area contributed by atoms with Gasteiger partial charge in [0.05, 0.1) is 55.2 Å². The summed E-state index contributed by atoms with van der Waals surface area (Å²) in [7, 11) is 2.27. The highest BCUT2D eigenvalue weighted by Crippen LogP contribution is 2.47. The molecule has 10 nitrogen and oxygen atoms in total. The average Bonchev–Trinajstić information content (AvgIpc) is 3.49. The molecule has 0 radical (unpaired) electrons. The van der Waals surface area contributed by atoms with Crippen molar-refractivity contribution in [2.45, 2.75) is 50.1 Å². The van der Waals surface area contributed by atoms with Gasteiger partial charge in [0.25, 0.3) is 0 Å². The van der Waals surface area contributed by atoms with Crippen LogP contribution in [0.5, 0.6) is 0 Å². The van der Waals surface area contributed by atoms with Gasteiger partial charge in [-0.3, -0.25) is 19.2 Å². The molecule has 0 saturated carbocycles. The molecule has 8 unspecified atom stereocenters. The summed E-state index contributed by atoms with van der Waals surface area (Å²) in [4.78, 5) is 44.6. The molecule has 5 heterocycles. The Morgan fingerprint density at radius 1 is 0.857 bits per heavy atom. The molecule has 5 rings (SSSR count). The van der Waals surface area contributed by atoms with Gasteiger partial charge in [0.1, 0.15) is 0 Å². The summed E-state index contributed by atoms with van der Waals surface area (Å²) in [6.07, 6.45) is 2.64. The van der Waals surface area contributed by atoms with Crippen LogP contribution >= 0.6 is 0 Å². The van der Waals surface area contributed by atoms with Crippen LogP contribution in [-0.4, -0.2) is 72.7 Å². The van der Waals surface area contributed by atoms with Crippen LogP contribution in [0.25, 0.3) is 0 Å². The van der Waals surface area contributed by atoms with Crippen LogP contribution in [0.15, 0.2) is 0 Å². The molecule has 0 aromatic heterocycles. The number of carbonyl (C=O) groups is 4. The number of aliphatic hydroxyl groups excluding tert-OH is 1. The predicted molar refractivity (Wildman–Crippen MR) is 88.6 cm³/mol. The first-order chi connectivity index (χ1) is 13.4. The third-order valence-corrected chi connectivity index (χ3v) is 6.05. The number of hydrogen-bond acceptors (Lipinski definition) is 9. The van der Waals surface area contributed by atoms with Gasteiger partial charge in [0.2, 0.25) is 0 Å². The van der Waals surface area contributed by atoms with Crippen molar-refractivity contribution in [1.29, 1.82) is 0 Å². The fraction of sp³-hybridized carbons (Fsp3) is 0.778. The summed E-state index contributed by atoms with van der Waals surface area (Å²) < 4.78 is 20.0. The van der Waals surface area contributed by atoms with Gasteiger partial charge in [-0.05, 0) is 25.7 Å². The van der Waals surface area contributed by atoms with E-state index >= 15 is 0 Å². The molecule has 8 atom stereocenters. The standard InChI is InChI=1S/C9H12O5.C8H8O4.CH4O/c1-13-9(12)7-5-3-2-4(14-5)6(7)8(10)11;9-7-5-3-1-2-4(11-3)6(5)8(10)12-7;1-2/h4-7H,2-3H2,1H3,(H,10,11);3-6H,1-2H2;2H,1H3. The largest absolute Gasteiger partial charge is 0.481 e. The quantitative estimate of drug-likeness (QED) is 0.460. The Labute approximate surface area is 161 Å². The molecule has 5 aliphatic heterocycles. The maximum absolute atomic E-state index is 11.4. The molecule has 2 N–H and O–H groups in total. The van der Waals surface area contributed by atoms with E-state index in [4.69, 9.17) is 19.7 Å². The Balaban J connectivity index is 0.000000149. The number of carboxylic acid groups (broad SMARTS) is 1. The number of rotatable bonds is 2. The first-order valence-corrected chi connectivity index (χ1v) is 9.24. The van der Waals surface area contributed by atoms with Crippen LogP contribution in [0.3, 0.4) is 0 Å². The van der Waals surface area contributed by atoms with Gasteiger partial charge in [-0.2, -0.15) is 0 Å². The molecule has 5 saturated heterocycles. The third kappa shape index (κ3) is 3.29. The maximum atomic E-state index is 11.4. The molecule has 156 valence electrons. The second-order valence-electron chi connectivity index (χ2n) is 7.29. The molecule has 0 aliphatic carbocycles. The molecule has 4 bridgehead atoms. The van der Waals surface area contributed by atoms with Crippen LogP contribution in [-0.2, 0) is 38.1 Å². The van der Waals surface area contributed by atoms with Gasteiger partial charge in [-0.25, -0.2) is 0 Å². The van der Waals surface area contributed by atoms with E-state index in [1.165, 1.54) is 7.11 Å². The molecule has 0 aromatic rings. The summed E-state index contributed by atoms with van der Waals surface area (Å²) in [5, 5.41) is 16.0. The molecule has 0 spiro atoms. The average molecular weight is 400 g/mol. The van der Waals surface area contributed by atoms with Crippen LogP contribution in [0.2, 0.25) is 0 Å². The number of esters is 3. The molecular formula is C18H24O10. The molecule has 0 amide bonds. The van der Waals surface area contributed by atoms with Gasteiger partial charge in [0.15, 0.2) is 0 Å². The monoisotopic (exact) mass is 400 g/mol. The van der Waals surface area contributed by atoms with Crippen molar-refractivity contribution in [3.8, 4) is 0 Å². The minimum absolute atomic E-state index is 0.0426. The predicted octanol–water partition coefficient (Wildman–Crippen LogP) is -0.490. The van der Waals surface area contributed by atoms with Crippen molar-refractivity contribution >= 4 is 23.9 Å². The molecule has 5 aliphatic rings.